The summed E-state index contributed by atoms with van der Waals surface area (Å²) in [4.78, 5) is 1.95. The second kappa shape index (κ2) is 2.92. The first-order chi connectivity index (χ1) is 3.18. The summed E-state index contributed by atoms with van der Waals surface area (Å²) in [6.45, 7) is 1.95. The molecule has 0 heterocycles. The first-order valence-electron chi connectivity index (χ1n) is 2.12. The molecule has 0 amide bonds. The molecule has 0 aliphatic rings. The lowest BCUT2D eigenvalue weighted by molar-refractivity contribution is 0.515. The first kappa shape index (κ1) is 6.83. The van der Waals surface area contributed by atoms with E-state index in [1.165, 1.54) is 0 Å². The molecule has 0 aromatic carbocycles. The zero-order valence-corrected chi connectivity index (χ0v) is 5.66. The molecule has 1 nitrogen and oxygen atoms in total. The monoisotopic (exact) mass is 119 g/mol. The highest BCUT2D eigenvalue weighted by molar-refractivity contribution is 6.25. The van der Waals surface area contributed by atoms with Crippen LogP contribution in [0.1, 0.15) is 6.92 Å². The summed E-state index contributed by atoms with van der Waals surface area (Å²) in [5.74, 6) is 0. The largest absolute Gasteiger partial charge is 0.380 e. The SMILES string of the molecule is C/C(=C/Cl)N(C)C. The Bertz CT molecular complexity index is 76.1. The van der Waals surface area contributed by atoms with Gasteiger partial charge in [0.15, 0.2) is 0 Å². The number of hydrogen-bond acceptors (Lipinski definition) is 1. The van der Waals surface area contributed by atoms with Crippen molar-refractivity contribution in [3.8, 4) is 0 Å². The molecule has 0 saturated heterocycles. The summed E-state index contributed by atoms with van der Waals surface area (Å²) >= 11 is 5.34. The Hall–Kier alpha value is -0.170. The number of halogens is 1. The molecule has 2 heteroatoms. The van der Waals surface area contributed by atoms with Crippen molar-refractivity contribution in [1.29, 1.82) is 0 Å². The molecule has 0 fully saturated rings. The Balaban J connectivity index is 3.56. The van der Waals surface area contributed by atoms with Crippen LogP contribution in [0.15, 0.2) is 11.2 Å². The highest BCUT2D eigenvalue weighted by Gasteiger charge is 1.84. The van der Waals surface area contributed by atoms with Crippen molar-refractivity contribution in [3.63, 3.8) is 0 Å². The highest BCUT2D eigenvalue weighted by Crippen LogP contribution is 1.95. The normalized spacial score (nSPS) is 11.7. The lowest BCUT2D eigenvalue weighted by atomic mass is 10.5. The maximum atomic E-state index is 5.34. The zero-order valence-electron chi connectivity index (χ0n) is 4.90. The molecule has 0 N–H and O–H groups in total. The molecule has 0 saturated carbocycles. The lowest BCUT2D eigenvalue weighted by Crippen LogP contribution is -2.06. The Kier molecular flexibility index (Phi) is 2.84. The quantitative estimate of drug-likeness (QED) is 0.508. The van der Waals surface area contributed by atoms with Gasteiger partial charge in [0.05, 0.1) is 0 Å². The van der Waals surface area contributed by atoms with E-state index >= 15 is 0 Å². The van der Waals surface area contributed by atoms with Gasteiger partial charge in [0.25, 0.3) is 0 Å². The second-order valence-corrected chi connectivity index (χ2v) is 1.86. The minimum Gasteiger partial charge on any atom is -0.380 e. The Morgan fingerprint density at radius 3 is 2.00 bits per heavy atom. The summed E-state index contributed by atoms with van der Waals surface area (Å²) in [5.41, 5.74) is 2.63. The number of nitrogens with zero attached hydrogens (tertiary/aromatic N) is 1. The maximum Gasteiger partial charge on any atom is 0.0231 e. The summed E-state index contributed by atoms with van der Waals surface area (Å²) in [5, 5.41) is 0. The predicted molar refractivity (Wildman–Crippen MR) is 33.3 cm³/mol. The van der Waals surface area contributed by atoms with E-state index in [-0.39, 0.29) is 0 Å². The first-order valence-corrected chi connectivity index (χ1v) is 2.56. The van der Waals surface area contributed by atoms with E-state index < -0.39 is 0 Å². The van der Waals surface area contributed by atoms with Crippen LogP contribution in [0.4, 0.5) is 0 Å². The molecular weight excluding hydrogens is 110 g/mol. The predicted octanol–water partition coefficient (Wildman–Crippen LogP) is 1.65. The van der Waals surface area contributed by atoms with Crippen LogP contribution in [0.3, 0.4) is 0 Å². The molecule has 0 aliphatic heterocycles. The van der Waals surface area contributed by atoms with Gasteiger partial charge in [-0.25, -0.2) is 0 Å². The van der Waals surface area contributed by atoms with Crippen LogP contribution in [0.25, 0.3) is 0 Å². The van der Waals surface area contributed by atoms with Gasteiger partial charge < -0.3 is 4.90 Å². The second-order valence-electron chi connectivity index (χ2n) is 1.64. The van der Waals surface area contributed by atoms with Crippen molar-refractivity contribution < 1.29 is 0 Å². The fourth-order valence-corrected chi connectivity index (χ4v) is 0.293. The van der Waals surface area contributed by atoms with E-state index in [0.717, 1.165) is 5.70 Å². The van der Waals surface area contributed by atoms with Crippen molar-refractivity contribution in [1.82, 2.24) is 4.90 Å². The van der Waals surface area contributed by atoms with Crippen LogP contribution < -0.4 is 0 Å². The molecule has 0 aromatic heterocycles. The molecular formula is C5H10ClN. The maximum absolute atomic E-state index is 5.34. The highest BCUT2D eigenvalue weighted by atomic mass is 35.5. The van der Waals surface area contributed by atoms with Crippen molar-refractivity contribution in [2.24, 2.45) is 0 Å². The molecule has 0 aromatic rings. The van der Waals surface area contributed by atoms with Crippen LogP contribution in [0.5, 0.6) is 0 Å². The number of rotatable bonds is 1. The van der Waals surface area contributed by atoms with E-state index in [4.69, 9.17) is 11.6 Å². The molecule has 7 heavy (non-hydrogen) atoms. The third kappa shape index (κ3) is 2.52. The summed E-state index contributed by atoms with van der Waals surface area (Å²) in [7, 11) is 3.91. The Morgan fingerprint density at radius 2 is 2.00 bits per heavy atom. The minimum absolute atomic E-state index is 1.07. The van der Waals surface area contributed by atoms with Crippen LogP contribution in [-0.2, 0) is 0 Å². The third-order valence-corrected chi connectivity index (χ3v) is 1.18. The zero-order chi connectivity index (χ0) is 5.86. The van der Waals surface area contributed by atoms with Gasteiger partial charge in [0.1, 0.15) is 0 Å². The molecule has 0 aliphatic carbocycles. The average Bonchev–Trinajstić information content (AvgIpc) is 1.65. The third-order valence-electron chi connectivity index (χ3n) is 0.863. The van der Waals surface area contributed by atoms with E-state index in [1.807, 2.05) is 25.9 Å². The van der Waals surface area contributed by atoms with Crippen molar-refractivity contribution in [2.45, 2.75) is 6.92 Å². The number of allylic oxidation sites excluding steroid dienone is 1. The fraction of sp³-hybridized carbons (Fsp3) is 0.600. The van der Waals surface area contributed by atoms with Crippen LogP contribution in [0.2, 0.25) is 0 Å². The molecule has 0 spiro atoms. The van der Waals surface area contributed by atoms with Gasteiger partial charge in [-0.2, -0.15) is 0 Å². The Labute approximate surface area is 49.6 Å². The fourth-order valence-electron chi connectivity index (χ4n) is 0.0976. The van der Waals surface area contributed by atoms with Gasteiger partial charge in [0, 0.05) is 25.3 Å². The molecule has 0 bridgehead atoms. The smallest absolute Gasteiger partial charge is 0.0231 e. The van der Waals surface area contributed by atoms with E-state index in [2.05, 4.69) is 0 Å². The topological polar surface area (TPSA) is 3.24 Å². The van der Waals surface area contributed by atoms with Gasteiger partial charge in [-0.3, -0.25) is 0 Å². The average molecular weight is 120 g/mol. The van der Waals surface area contributed by atoms with E-state index in [9.17, 15) is 0 Å². The molecule has 0 radical (unpaired) electrons. The van der Waals surface area contributed by atoms with Crippen LogP contribution in [-0.4, -0.2) is 19.0 Å². The molecule has 42 valence electrons. The van der Waals surface area contributed by atoms with Gasteiger partial charge in [-0.15, -0.1) is 0 Å². The standard InChI is InChI=1S/C5H10ClN/c1-5(4-6)7(2)3/h4H,1-3H3/b5-4-. The van der Waals surface area contributed by atoms with E-state index in [1.54, 1.807) is 5.54 Å². The van der Waals surface area contributed by atoms with Gasteiger partial charge in [-0.1, -0.05) is 11.6 Å². The summed E-state index contributed by atoms with van der Waals surface area (Å²) < 4.78 is 0. The van der Waals surface area contributed by atoms with E-state index in [0.29, 0.717) is 0 Å². The van der Waals surface area contributed by atoms with Gasteiger partial charge >= 0.3 is 0 Å². The van der Waals surface area contributed by atoms with Crippen LogP contribution >= 0.6 is 11.6 Å². The van der Waals surface area contributed by atoms with Gasteiger partial charge in [0.2, 0.25) is 0 Å². The summed E-state index contributed by atoms with van der Waals surface area (Å²) in [6.07, 6.45) is 0. The molecule has 0 rings (SSSR count). The Morgan fingerprint density at radius 1 is 1.57 bits per heavy atom. The lowest BCUT2D eigenvalue weighted by Gasteiger charge is -2.09. The van der Waals surface area contributed by atoms with Crippen molar-refractivity contribution in [2.75, 3.05) is 14.1 Å². The molecule has 0 unspecified atom stereocenters. The summed E-state index contributed by atoms with van der Waals surface area (Å²) in [6, 6.07) is 0. The van der Waals surface area contributed by atoms with Crippen molar-refractivity contribution >= 4 is 11.6 Å². The minimum atomic E-state index is 1.07. The number of hydrogen-bond donors (Lipinski definition) is 0. The molecule has 0 atom stereocenters. The van der Waals surface area contributed by atoms with Gasteiger partial charge in [-0.05, 0) is 6.92 Å². The van der Waals surface area contributed by atoms with Crippen LogP contribution in [0, 0.1) is 0 Å². The van der Waals surface area contributed by atoms with Crippen molar-refractivity contribution in [3.05, 3.63) is 11.2 Å².